The van der Waals surface area contributed by atoms with Crippen LogP contribution in [0.25, 0.3) is 21.7 Å². The van der Waals surface area contributed by atoms with Gasteiger partial charge in [0.15, 0.2) is 0 Å². The Labute approximate surface area is 226 Å². The SMILES string of the molecule is CC(C)(C)c1csc(-c2ccc(CC(NC(=O)OCC3c4ccccc4-c4ccccc43)C(=O)O)cc2)n1. The third kappa shape index (κ3) is 5.34. The number of fused-ring (bicyclic) bond motifs is 3. The Morgan fingerprint density at radius 3 is 2.13 bits per heavy atom. The first-order valence-corrected chi connectivity index (χ1v) is 13.5. The summed E-state index contributed by atoms with van der Waals surface area (Å²) in [7, 11) is 0. The summed E-state index contributed by atoms with van der Waals surface area (Å²) in [5.74, 6) is -1.20. The molecular formula is C31H30N2O4S. The number of thiazole rings is 1. The van der Waals surface area contributed by atoms with Crippen LogP contribution in [-0.2, 0) is 21.4 Å². The molecule has 4 aromatic rings. The number of aromatic nitrogens is 1. The summed E-state index contributed by atoms with van der Waals surface area (Å²) in [5, 5.41) is 15.3. The highest BCUT2D eigenvalue weighted by atomic mass is 32.1. The summed E-state index contributed by atoms with van der Waals surface area (Å²) < 4.78 is 5.54. The Bertz CT molecular complexity index is 1420. The van der Waals surface area contributed by atoms with E-state index in [1.54, 1.807) is 11.3 Å². The van der Waals surface area contributed by atoms with Crippen molar-refractivity contribution in [3.63, 3.8) is 0 Å². The average Bonchev–Trinajstić information content (AvgIpc) is 3.52. The molecular weight excluding hydrogens is 496 g/mol. The molecule has 6 nitrogen and oxygen atoms in total. The molecule has 1 aliphatic carbocycles. The van der Waals surface area contributed by atoms with E-state index >= 15 is 0 Å². The van der Waals surface area contributed by atoms with Crippen molar-refractivity contribution in [2.24, 2.45) is 0 Å². The predicted molar refractivity (Wildman–Crippen MR) is 150 cm³/mol. The van der Waals surface area contributed by atoms with Crippen LogP contribution in [0.1, 0.15) is 49.1 Å². The summed E-state index contributed by atoms with van der Waals surface area (Å²) in [6.45, 7) is 6.52. The van der Waals surface area contributed by atoms with E-state index < -0.39 is 18.1 Å². The van der Waals surface area contributed by atoms with Crippen LogP contribution in [0.5, 0.6) is 0 Å². The molecule has 0 spiro atoms. The van der Waals surface area contributed by atoms with E-state index in [1.165, 1.54) is 0 Å². The number of aliphatic carboxylic acids is 1. The molecule has 1 heterocycles. The largest absolute Gasteiger partial charge is 0.480 e. The van der Waals surface area contributed by atoms with Gasteiger partial charge in [0.25, 0.3) is 0 Å². The molecule has 5 rings (SSSR count). The van der Waals surface area contributed by atoms with Crippen molar-refractivity contribution in [3.8, 4) is 21.7 Å². The van der Waals surface area contributed by atoms with Crippen LogP contribution in [0.15, 0.2) is 78.2 Å². The lowest BCUT2D eigenvalue weighted by Crippen LogP contribution is -2.42. The van der Waals surface area contributed by atoms with Gasteiger partial charge in [0, 0.05) is 28.7 Å². The van der Waals surface area contributed by atoms with Gasteiger partial charge in [-0.2, -0.15) is 0 Å². The third-order valence-corrected chi connectivity index (χ3v) is 7.74. The predicted octanol–water partition coefficient (Wildman–Crippen LogP) is 6.64. The van der Waals surface area contributed by atoms with Crippen molar-refractivity contribution in [1.29, 1.82) is 0 Å². The van der Waals surface area contributed by atoms with Gasteiger partial charge in [-0.3, -0.25) is 0 Å². The summed E-state index contributed by atoms with van der Waals surface area (Å²) in [4.78, 5) is 29.3. The van der Waals surface area contributed by atoms with E-state index in [0.717, 1.165) is 44.1 Å². The molecule has 0 saturated carbocycles. The standard InChI is InChI=1S/C31H30N2O4S/c1-31(2,3)27-18-38-28(33-27)20-14-12-19(13-15-20)16-26(29(34)35)32-30(36)37-17-25-23-10-6-4-8-21(23)22-9-5-7-11-24(22)25/h4-15,18,25-26H,16-17H2,1-3H3,(H,32,36)(H,34,35). The second-order valence-corrected chi connectivity index (χ2v) is 11.4. The smallest absolute Gasteiger partial charge is 0.407 e. The molecule has 38 heavy (non-hydrogen) atoms. The van der Waals surface area contributed by atoms with Gasteiger partial charge in [-0.05, 0) is 27.8 Å². The Kier molecular flexibility index (Phi) is 7.04. The average molecular weight is 527 g/mol. The zero-order chi connectivity index (χ0) is 26.9. The van der Waals surface area contributed by atoms with Gasteiger partial charge in [0.05, 0.1) is 5.69 Å². The third-order valence-electron chi connectivity index (χ3n) is 6.85. The normalized spacial score (nSPS) is 13.4. The summed E-state index contributed by atoms with van der Waals surface area (Å²) in [5.41, 5.74) is 7.28. The maximum absolute atomic E-state index is 12.6. The summed E-state index contributed by atoms with van der Waals surface area (Å²) in [6, 6.07) is 22.7. The van der Waals surface area contributed by atoms with Gasteiger partial charge in [0.2, 0.25) is 0 Å². The molecule has 3 aromatic carbocycles. The van der Waals surface area contributed by atoms with E-state index in [1.807, 2.05) is 60.7 Å². The lowest BCUT2D eigenvalue weighted by Gasteiger charge is -2.17. The van der Waals surface area contributed by atoms with Gasteiger partial charge in [-0.25, -0.2) is 14.6 Å². The van der Waals surface area contributed by atoms with Crippen molar-refractivity contribution in [1.82, 2.24) is 10.3 Å². The second-order valence-electron chi connectivity index (χ2n) is 10.5. The van der Waals surface area contributed by atoms with Crippen LogP contribution in [0, 0.1) is 0 Å². The number of rotatable bonds is 7. The van der Waals surface area contributed by atoms with Crippen LogP contribution < -0.4 is 5.32 Å². The molecule has 1 aliphatic rings. The van der Waals surface area contributed by atoms with E-state index in [2.05, 4.69) is 43.6 Å². The van der Waals surface area contributed by atoms with Crippen LogP contribution in [-0.4, -0.2) is 34.8 Å². The lowest BCUT2D eigenvalue weighted by atomic mass is 9.93. The van der Waals surface area contributed by atoms with E-state index in [0.29, 0.717) is 0 Å². The minimum atomic E-state index is -1.11. The summed E-state index contributed by atoms with van der Waals surface area (Å²) in [6.07, 6.45) is -0.598. The first kappa shape index (κ1) is 25.7. The fourth-order valence-corrected chi connectivity index (χ4v) is 5.81. The lowest BCUT2D eigenvalue weighted by molar-refractivity contribution is -0.139. The van der Waals surface area contributed by atoms with Gasteiger partial charge in [-0.1, -0.05) is 93.6 Å². The zero-order valence-corrected chi connectivity index (χ0v) is 22.4. The highest BCUT2D eigenvalue weighted by molar-refractivity contribution is 7.13. The highest BCUT2D eigenvalue weighted by Gasteiger charge is 2.30. The van der Waals surface area contributed by atoms with Crippen LogP contribution in [0.2, 0.25) is 0 Å². The van der Waals surface area contributed by atoms with Gasteiger partial charge in [0.1, 0.15) is 17.7 Å². The second kappa shape index (κ2) is 10.4. The van der Waals surface area contributed by atoms with Crippen molar-refractivity contribution in [2.75, 3.05) is 6.61 Å². The number of hydrogen-bond donors (Lipinski definition) is 2. The number of hydrogen-bond acceptors (Lipinski definition) is 5. The van der Waals surface area contributed by atoms with Crippen molar-refractivity contribution in [3.05, 3.63) is 101 Å². The number of nitrogens with zero attached hydrogens (tertiary/aromatic N) is 1. The molecule has 2 N–H and O–H groups in total. The monoisotopic (exact) mass is 526 g/mol. The maximum Gasteiger partial charge on any atom is 0.407 e. The van der Waals surface area contributed by atoms with Crippen LogP contribution in [0.3, 0.4) is 0 Å². The minimum Gasteiger partial charge on any atom is -0.480 e. The number of carboxylic acid groups (broad SMARTS) is 1. The van der Waals surface area contributed by atoms with Crippen molar-refractivity contribution in [2.45, 2.75) is 44.6 Å². The number of benzene rings is 3. The molecule has 0 saturated heterocycles. The number of amides is 1. The van der Waals surface area contributed by atoms with E-state index in [4.69, 9.17) is 9.72 Å². The van der Waals surface area contributed by atoms with Crippen molar-refractivity contribution < 1.29 is 19.4 Å². The zero-order valence-electron chi connectivity index (χ0n) is 21.6. The van der Waals surface area contributed by atoms with Crippen molar-refractivity contribution >= 4 is 23.4 Å². The summed E-state index contributed by atoms with van der Waals surface area (Å²) >= 11 is 1.59. The van der Waals surface area contributed by atoms with E-state index in [9.17, 15) is 14.7 Å². The molecule has 0 aliphatic heterocycles. The molecule has 1 atom stereocenters. The minimum absolute atomic E-state index is 0.0196. The fourth-order valence-electron chi connectivity index (χ4n) is 4.75. The molecule has 1 aromatic heterocycles. The van der Waals surface area contributed by atoms with Gasteiger partial charge < -0.3 is 15.2 Å². The first-order valence-electron chi connectivity index (χ1n) is 12.6. The Balaban J connectivity index is 1.22. The quantitative estimate of drug-likeness (QED) is 0.282. The number of carboxylic acids is 1. The fraction of sp³-hybridized carbons (Fsp3) is 0.258. The van der Waals surface area contributed by atoms with E-state index in [-0.39, 0.29) is 24.4 Å². The topological polar surface area (TPSA) is 88.5 Å². The molecule has 1 unspecified atom stereocenters. The molecule has 0 radical (unpaired) electrons. The van der Waals surface area contributed by atoms with Crippen LogP contribution in [0.4, 0.5) is 4.79 Å². The molecule has 0 bridgehead atoms. The first-order chi connectivity index (χ1) is 18.2. The Hall–Kier alpha value is -3.97. The Morgan fingerprint density at radius 2 is 1.58 bits per heavy atom. The molecule has 0 fully saturated rings. The number of nitrogens with one attached hydrogen (secondary N) is 1. The molecule has 7 heteroatoms. The number of carbonyl (C=O) groups excluding carboxylic acids is 1. The molecule has 1 amide bonds. The van der Waals surface area contributed by atoms with Crippen LogP contribution >= 0.6 is 11.3 Å². The number of carbonyl (C=O) groups is 2. The van der Waals surface area contributed by atoms with Gasteiger partial charge >= 0.3 is 12.1 Å². The number of alkyl carbamates (subject to hydrolysis) is 1. The molecule has 194 valence electrons. The highest BCUT2D eigenvalue weighted by Crippen LogP contribution is 2.44. The van der Waals surface area contributed by atoms with Gasteiger partial charge in [-0.15, -0.1) is 11.3 Å². The maximum atomic E-state index is 12.6. The number of ether oxygens (including phenoxy) is 1. The Morgan fingerprint density at radius 1 is 0.974 bits per heavy atom.